The average molecular weight is 468 g/mol. The minimum Gasteiger partial charge on any atom is -0.480 e. The number of ether oxygens (including phenoxy) is 1. The van der Waals surface area contributed by atoms with Gasteiger partial charge in [0.1, 0.15) is 12.6 Å². The second-order valence-corrected chi connectivity index (χ2v) is 10.4. The lowest BCUT2D eigenvalue weighted by molar-refractivity contribution is -0.183. The number of carbonyl (C=O) groups excluding carboxylic acids is 1. The molecule has 3 saturated carbocycles. The van der Waals surface area contributed by atoms with Gasteiger partial charge in [-0.05, 0) is 64.5 Å². The number of amides is 1. The molecule has 0 aromatic heterocycles. The van der Waals surface area contributed by atoms with E-state index in [1.807, 2.05) is 24.3 Å². The standard InChI is InChI=1S/C30H29NO4/c1-2-19-9-3-8-14-25(19)29-16-30(17-29,18-29)26(27(32)33)31-28(34)35-15-24-22-12-6-4-10-20(22)21-11-5-7-13-23(21)24/h3-14,24,26H,2,15-18H2,1H3,(H,31,34)(H,32,33). The van der Waals surface area contributed by atoms with E-state index in [9.17, 15) is 14.7 Å². The van der Waals surface area contributed by atoms with Gasteiger partial charge in [-0.25, -0.2) is 9.59 Å². The second-order valence-electron chi connectivity index (χ2n) is 10.4. The number of hydrogen-bond acceptors (Lipinski definition) is 3. The number of carboxylic acids is 1. The number of benzene rings is 3. The number of aliphatic carboxylic acids is 1. The molecule has 178 valence electrons. The van der Waals surface area contributed by atoms with Crippen molar-refractivity contribution < 1.29 is 19.4 Å². The van der Waals surface area contributed by atoms with Gasteiger partial charge in [0.25, 0.3) is 0 Å². The van der Waals surface area contributed by atoms with E-state index < -0.39 is 23.5 Å². The summed E-state index contributed by atoms with van der Waals surface area (Å²) >= 11 is 0. The third-order valence-electron chi connectivity index (χ3n) is 8.51. The van der Waals surface area contributed by atoms with Crippen molar-refractivity contribution in [2.75, 3.05) is 6.61 Å². The summed E-state index contributed by atoms with van der Waals surface area (Å²) in [6.45, 7) is 2.33. The quantitative estimate of drug-likeness (QED) is 0.470. The lowest BCUT2D eigenvalue weighted by Gasteiger charge is -2.73. The molecule has 5 heteroatoms. The van der Waals surface area contributed by atoms with E-state index in [1.165, 1.54) is 11.1 Å². The van der Waals surface area contributed by atoms with Crippen molar-refractivity contribution in [1.82, 2.24) is 5.32 Å². The summed E-state index contributed by atoms with van der Waals surface area (Å²) in [4.78, 5) is 25.0. The largest absolute Gasteiger partial charge is 0.480 e. The molecule has 3 aromatic rings. The van der Waals surface area contributed by atoms with Crippen LogP contribution in [0.2, 0.25) is 0 Å². The predicted octanol–water partition coefficient (Wildman–Crippen LogP) is 5.66. The summed E-state index contributed by atoms with van der Waals surface area (Å²) in [5, 5.41) is 12.7. The van der Waals surface area contributed by atoms with Crippen LogP contribution in [0.25, 0.3) is 11.1 Å². The summed E-state index contributed by atoms with van der Waals surface area (Å²) in [5.41, 5.74) is 6.92. The minimum atomic E-state index is -0.990. The van der Waals surface area contributed by atoms with E-state index in [0.717, 1.165) is 47.9 Å². The van der Waals surface area contributed by atoms with Gasteiger partial charge in [-0.1, -0.05) is 79.7 Å². The zero-order valence-corrected chi connectivity index (χ0v) is 19.8. The first kappa shape index (κ1) is 21.9. The van der Waals surface area contributed by atoms with E-state index in [4.69, 9.17) is 4.74 Å². The Morgan fingerprint density at radius 3 is 2.11 bits per heavy atom. The number of aryl methyl sites for hydroxylation is 1. The van der Waals surface area contributed by atoms with Crippen LogP contribution in [0.4, 0.5) is 4.79 Å². The zero-order valence-electron chi connectivity index (χ0n) is 19.8. The minimum absolute atomic E-state index is 0.0554. The van der Waals surface area contributed by atoms with Crippen LogP contribution < -0.4 is 5.32 Å². The van der Waals surface area contributed by atoms with E-state index in [2.05, 4.69) is 60.8 Å². The average Bonchev–Trinajstić information content (AvgIpc) is 3.14. The number of carboxylic acid groups (broad SMARTS) is 1. The maximum Gasteiger partial charge on any atom is 0.407 e. The van der Waals surface area contributed by atoms with E-state index in [-0.39, 0.29) is 17.9 Å². The van der Waals surface area contributed by atoms with Crippen molar-refractivity contribution in [2.45, 2.75) is 50.0 Å². The first-order valence-corrected chi connectivity index (χ1v) is 12.4. The summed E-state index contributed by atoms with van der Waals surface area (Å²) < 4.78 is 5.63. The lowest BCUT2D eigenvalue weighted by atomic mass is 9.31. The van der Waals surface area contributed by atoms with Crippen molar-refractivity contribution in [3.8, 4) is 11.1 Å². The highest BCUT2D eigenvalue weighted by atomic mass is 16.5. The van der Waals surface area contributed by atoms with Crippen molar-refractivity contribution in [2.24, 2.45) is 5.41 Å². The second kappa shape index (κ2) is 7.98. The SMILES string of the molecule is CCc1ccccc1C12CC(C(NC(=O)OCC3c4ccccc4-c4ccccc43)C(=O)O)(C1)C2. The number of nitrogens with one attached hydrogen (secondary N) is 1. The fourth-order valence-corrected chi connectivity index (χ4v) is 7.04. The van der Waals surface area contributed by atoms with Gasteiger partial charge in [-0.2, -0.15) is 0 Å². The van der Waals surface area contributed by atoms with Crippen LogP contribution in [0.15, 0.2) is 72.8 Å². The van der Waals surface area contributed by atoms with Crippen LogP contribution in [-0.2, 0) is 21.4 Å². The van der Waals surface area contributed by atoms with Gasteiger partial charge in [-0.15, -0.1) is 0 Å². The summed E-state index contributed by atoms with van der Waals surface area (Å²) in [6.07, 6.45) is 2.67. The molecule has 7 rings (SSSR count). The van der Waals surface area contributed by atoms with Crippen molar-refractivity contribution in [3.05, 3.63) is 95.1 Å². The molecule has 3 fully saturated rings. The fraction of sp³-hybridized carbons (Fsp3) is 0.333. The lowest BCUT2D eigenvalue weighted by Crippen LogP contribution is -2.73. The Balaban J connectivity index is 1.13. The highest BCUT2D eigenvalue weighted by molar-refractivity contribution is 5.82. The van der Waals surface area contributed by atoms with Crippen LogP contribution in [0.1, 0.15) is 54.4 Å². The van der Waals surface area contributed by atoms with Crippen LogP contribution in [0, 0.1) is 5.41 Å². The summed E-state index contributed by atoms with van der Waals surface area (Å²) in [5.74, 6) is -1.05. The Bertz CT molecular complexity index is 1260. The third kappa shape index (κ3) is 3.28. The maximum absolute atomic E-state index is 12.8. The number of carbonyl (C=O) groups is 2. The Morgan fingerprint density at radius 2 is 1.51 bits per heavy atom. The molecule has 3 aromatic carbocycles. The number of rotatable bonds is 7. The molecule has 0 radical (unpaired) electrons. The molecule has 1 unspecified atom stereocenters. The Hall–Kier alpha value is -3.60. The molecule has 2 N–H and O–H groups in total. The highest BCUT2D eigenvalue weighted by Gasteiger charge is 2.72. The molecule has 5 nitrogen and oxygen atoms in total. The molecule has 2 bridgehead atoms. The summed E-state index contributed by atoms with van der Waals surface area (Å²) in [6, 6.07) is 23.8. The Kier molecular flexibility index (Phi) is 4.99. The first-order valence-electron chi connectivity index (χ1n) is 12.4. The first-order chi connectivity index (χ1) is 17.0. The number of hydrogen-bond donors (Lipinski definition) is 2. The van der Waals surface area contributed by atoms with Gasteiger partial charge in [0.05, 0.1) is 0 Å². The molecule has 0 heterocycles. The molecule has 4 aliphatic rings. The zero-order chi connectivity index (χ0) is 24.2. The Morgan fingerprint density at radius 1 is 0.943 bits per heavy atom. The van der Waals surface area contributed by atoms with Crippen molar-refractivity contribution in [1.29, 1.82) is 0 Å². The molecule has 35 heavy (non-hydrogen) atoms. The Labute approximate surface area is 205 Å². The monoisotopic (exact) mass is 467 g/mol. The topological polar surface area (TPSA) is 75.6 Å². The molecule has 0 saturated heterocycles. The molecule has 0 aliphatic heterocycles. The van der Waals surface area contributed by atoms with Crippen LogP contribution in [0.3, 0.4) is 0 Å². The van der Waals surface area contributed by atoms with Gasteiger partial charge in [-0.3, -0.25) is 0 Å². The van der Waals surface area contributed by atoms with E-state index in [1.54, 1.807) is 0 Å². The molecule has 1 amide bonds. The van der Waals surface area contributed by atoms with E-state index in [0.29, 0.717) is 0 Å². The molecule has 4 aliphatic carbocycles. The maximum atomic E-state index is 12.8. The molecule has 0 spiro atoms. The normalized spacial score (nSPS) is 24.4. The van der Waals surface area contributed by atoms with Crippen molar-refractivity contribution in [3.63, 3.8) is 0 Å². The summed E-state index contributed by atoms with van der Waals surface area (Å²) in [7, 11) is 0. The fourth-order valence-electron chi connectivity index (χ4n) is 7.04. The van der Waals surface area contributed by atoms with Gasteiger partial charge in [0, 0.05) is 11.3 Å². The van der Waals surface area contributed by atoms with Gasteiger partial charge >= 0.3 is 12.1 Å². The molecule has 1 atom stereocenters. The molecular weight excluding hydrogens is 438 g/mol. The molecular formula is C30H29NO4. The van der Waals surface area contributed by atoms with E-state index >= 15 is 0 Å². The van der Waals surface area contributed by atoms with Gasteiger partial charge in [0.15, 0.2) is 0 Å². The van der Waals surface area contributed by atoms with Crippen LogP contribution in [0.5, 0.6) is 0 Å². The smallest absolute Gasteiger partial charge is 0.407 e. The predicted molar refractivity (Wildman–Crippen MR) is 133 cm³/mol. The van der Waals surface area contributed by atoms with Gasteiger partial charge < -0.3 is 15.2 Å². The van der Waals surface area contributed by atoms with Crippen LogP contribution in [-0.4, -0.2) is 29.8 Å². The number of fused-ring (bicyclic) bond motifs is 3. The van der Waals surface area contributed by atoms with Crippen molar-refractivity contribution >= 4 is 12.1 Å². The van der Waals surface area contributed by atoms with Crippen LogP contribution >= 0.6 is 0 Å². The third-order valence-corrected chi connectivity index (χ3v) is 8.51. The highest BCUT2D eigenvalue weighted by Crippen LogP contribution is 2.75. The van der Waals surface area contributed by atoms with Gasteiger partial charge in [0.2, 0.25) is 0 Å². The number of alkyl carbamates (subject to hydrolysis) is 1.